The number of amides is 3. The van der Waals surface area contributed by atoms with Gasteiger partial charge in [-0.15, -0.1) is 5.10 Å². The summed E-state index contributed by atoms with van der Waals surface area (Å²) in [5, 5.41) is 7.55. The van der Waals surface area contributed by atoms with Crippen LogP contribution in [0.4, 0.5) is 10.5 Å². The van der Waals surface area contributed by atoms with Gasteiger partial charge in [-0.05, 0) is 39.0 Å². The van der Waals surface area contributed by atoms with Gasteiger partial charge in [0, 0.05) is 48.9 Å². The predicted molar refractivity (Wildman–Crippen MR) is 135 cm³/mol. The molecular weight excluding hydrogens is 534 g/mol. The van der Waals surface area contributed by atoms with Crippen molar-refractivity contribution in [2.45, 2.75) is 45.3 Å². The van der Waals surface area contributed by atoms with E-state index in [0.717, 1.165) is 4.47 Å². The first kappa shape index (κ1) is 25.5. The third-order valence-corrected chi connectivity index (χ3v) is 6.08. The maximum Gasteiger partial charge on any atom is 0.410 e. The average Bonchev–Trinajstić information content (AvgIpc) is 3.33. The van der Waals surface area contributed by atoms with Gasteiger partial charge in [-0.1, -0.05) is 15.9 Å². The molecule has 2 aromatic heterocycles. The zero-order valence-electron chi connectivity index (χ0n) is 20.5. The van der Waals surface area contributed by atoms with Gasteiger partial charge in [0.25, 0.3) is 11.8 Å². The highest BCUT2D eigenvalue weighted by Gasteiger charge is 2.29. The van der Waals surface area contributed by atoms with Crippen LogP contribution >= 0.6 is 15.9 Å². The van der Waals surface area contributed by atoms with E-state index >= 15 is 0 Å². The number of hydrogen-bond donors (Lipinski definition) is 2. The van der Waals surface area contributed by atoms with Crippen LogP contribution in [0.25, 0.3) is 11.0 Å². The van der Waals surface area contributed by atoms with E-state index < -0.39 is 17.4 Å². The van der Waals surface area contributed by atoms with Crippen molar-refractivity contribution in [3.8, 4) is 5.88 Å². The number of nitrogens with zero attached hydrogens (tertiary/aromatic N) is 3. The van der Waals surface area contributed by atoms with Gasteiger partial charge in [0.05, 0.1) is 0 Å². The zero-order chi connectivity index (χ0) is 26.2. The van der Waals surface area contributed by atoms with Crippen molar-refractivity contribution in [1.82, 2.24) is 14.7 Å². The highest BCUT2D eigenvalue weighted by Crippen LogP contribution is 2.33. The summed E-state index contributed by atoms with van der Waals surface area (Å²) < 4.78 is 19.1. The van der Waals surface area contributed by atoms with Crippen LogP contribution < -0.4 is 15.8 Å². The summed E-state index contributed by atoms with van der Waals surface area (Å²) in [5.74, 6) is -1.17. The summed E-state index contributed by atoms with van der Waals surface area (Å²) in [7, 11) is 1.62. The van der Waals surface area contributed by atoms with E-state index in [9.17, 15) is 14.4 Å². The van der Waals surface area contributed by atoms with Gasteiger partial charge in [0.1, 0.15) is 28.7 Å². The fourth-order valence-corrected chi connectivity index (χ4v) is 4.27. The van der Waals surface area contributed by atoms with Gasteiger partial charge in [-0.25, -0.2) is 4.79 Å². The summed E-state index contributed by atoms with van der Waals surface area (Å²) in [4.78, 5) is 38.9. The van der Waals surface area contributed by atoms with Crippen LogP contribution in [-0.4, -0.2) is 57.4 Å². The van der Waals surface area contributed by atoms with Crippen LogP contribution in [0.1, 0.15) is 54.7 Å². The fraction of sp³-hybridized carbons (Fsp3) is 0.417. The van der Waals surface area contributed by atoms with Crippen LogP contribution in [0, 0.1) is 0 Å². The molecule has 0 bridgehead atoms. The minimum absolute atomic E-state index is 0.146. The Bertz CT molecular complexity index is 1320. The number of hydrogen-bond acceptors (Lipinski definition) is 7. The number of benzene rings is 1. The number of ether oxygens (including phenoxy) is 2. The van der Waals surface area contributed by atoms with Crippen molar-refractivity contribution in [2.24, 2.45) is 12.8 Å². The first-order valence-corrected chi connectivity index (χ1v) is 12.2. The molecule has 1 aromatic carbocycles. The molecule has 1 aliphatic heterocycles. The lowest BCUT2D eigenvalue weighted by Crippen LogP contribution is -2.44. The number of carbonyl (C=O) groups is 3. The number of primary amides is 1. The maximum atomic E-state index is 13.1. The number of likely N-dealkylation sites (tertiary alicyclic amines) is 1. The largest absolute Gasteiger partial charge is 0.473 e. The van der Waals surface area contributed by atoms with E-state index in [0.29, 0.717) is 36.9 Å². The molecule has 0 radical (unpaired) electrons. The lowest BCUT2D eigenvalue weighted by atomic mass is 10.1. The van der Waals surface area contributed by atoms with Gasteiger partial charge in [0.15, 0.2) is 0 Å². The molecule has 0 unspecified atom stereocenters. The minimum Gasteiger partial charge on any atom is -0.473 e. The highest BCUT2D eigenvalue weighted by molar-refractivity contribution is 9.10. The smallest absolute Gasteiger partial charge is 0.410 e. The van der Waals surface area contributed by atoms with E-state index in [-0.39, 0.29) is 35.2 Å². The Hall–Kier alpha value is -3.54. The minimum atomic E-state index is -0.802. The Balaban J connectivity index is 1.43. The van der Waals surface area contributed by atoms with Crippen molar-refractivity contribution in [3.63, 3.8) is 0 Å². The van der Waals surface area contributed by atoms with Crippen LogP contribution in [0.5, 0.6) is 5.88 Å². The Kier molecular flexibility index (Phi) is 6.98. The summed E-state index contributed by atoms with van der Waals surface area (Å²) in [6, 6.07) is 6.68. The summed E-state index contributed by atoms with van der Waals surface area (Å²) >= 11 is 3.38. The van der Waals surface area contributed by atoms with E-state index in [1.165, 1.54) is 10.7 Å². The number of halogens is 1. The first-order chi connectivity index (χ1) is 16.9. The number of aromatic nitrogens is 2. The number of furan rings is 1. The Morgan fingerprint density at radius 1 is 1.19 bits per heavy atom. The molecule has 1 saturated heterocycles. The van der Waals surface area contributed by atoms with E-state index in [4.69, 9.17) is 19.6 Å². The molecule has 1 aliphatic rings. The zero-order valence-corrected chi connectivity index (χ0v) is 22.0. The lowest BCUT2D eigenvalue weighted by Gasteiger charge is -2.33. The molecule has 3 aromatic rings. The topological polar surface area (TPSA) is 142 Å². The average molecular weight is 562 g/mol. The molecule has 192 valence electrons. The molecule has 3 N–H and O–H groups in total. The molecule has 3 heterocycles. The van der Waals surface area contributed by atoms with Gasteiger partial charge < -0.3 is 29.8 Å². The van der Waals surface area contributed by atoms with Crippen LogP contribution in [0.15, 0.2) is 33.2 Å². The lowest BCUT2D eigenvalue weighted by molar-refractivity contribution is 0.0122. The van der Waals surface area contributed by atoms with Crippen LogP contribution in [-0.2, 0) is 11.8 Å². The summed E-state index contributed by atoms with van der Waals surface area (Å²) in [6.45, 7) is 6.49. The SMILES string of the molecule is Cn1nc(OC2CCN(C(=O)OC(C)(C)C)CC2)cc1C(=O)Nc1c(C(N)=O)oc2ccc(Br)cc12. The number of aryl methyl sites for hydroxylation is 1. The molecule has 0 saturated carbocycles. The molecule has 1 fully saturated rings. The second kappa shape index (κ2) is 9.84. The third kappa shape index (κ3) is 5.64. The fourth-order valence-electron chi connectivity index (χ4n) is 3.91. The molecule has 36 heavy (non-hydrogen) atoms. The first-order valence-electron chi connectivity index (χ1n) is 11.4. The van der Waals surface area contributed by atoms with Gasteiger partial charge in [-0.3, -0.25) is 14.3 Å². The summed E-state index contributed by atoms with van der Waals surface area (Å²) in [6.07, 6.45) is 0.711. The number of anilines is 1. The van der Waals surface area contributed by atoms with Crippen molar-refractivity contribution >= 4 is 50.5 Å². The van der Waals surface area contributed by atoms with Crippen molar-refractivity contribution < 1.29 is 28.3 Å². The third-order valence-electron chi connectivity index (χ3n) is 5.58. The number of carbonyl (C=O) groups excluding carboxylic acids is 3. The van der Waals surface area contributed by atoms with Gasteiger partial charge >= 0.3 is 6.09 Å². The van der Waals surface area contributed by atoms with Gasteiger partial charge in [-0.2, -0.15) is 0 Å². The maximum absolute atomic E-state index is 13.1. The highest BCUT2D eigenvalue weighted by atomic mass is 79.9. The van der Waals surface area contributed by atoms with Crippen molar-refractivity contribution in [3.05, 3.63) is 40.2 Å². The van der Waals surface area contributed by atoms with Crippen molar-refractivity contribution in [1.29, 1.82) is 0 Å². The number of piperidine rings is 1. The van der Waals surface area contributed by atoms with Crippen LogP contribution in [0.3, 0.4) is 0 Å². The predicted octanol–water partition coefficient (Wildman–Crippen LogP) is 4.06. The van der Waals surface area contributed by atoms with E-state index in [1.54, 1.807) is 30.1 Å². The molecule has 4 rings (SSSR count). The van der Waals surface area contributed by atoms with Crippen molar-refractivity contribution in [2.75, 3.05) is 18.4 Å². The Morgan fingerprint density at radius 2 is 1.89 bits per heavy atom. The monoisotopic (exact) mass is 561 g/mol. The molecule has 12 heteroatoms. The normalized spacial score (nSPS) is 14.6. The second-order valence-electron chi connectivity index (χ2n) is 9.54. The molecule has 0 spiro atoms. The standard InChI is InChI=1S/C24H28BrN5O6/c1-24(2,3)36-23(33)30-9-7-14(8-10-30)34-18-12-16(29(4)28-18)22(32)27-19-15-11-13(25)5-6-17(15)35-20(19)21(26)31/h5-6,11-12,14H,7-10H2,1-4H3,(H2,26,31)(H,27,32). The second-order valence-corrected chi connectivity index (χ2v) is 10.5. The number of rotatable bonds is 5. The molecule has 0 aliphatic carbocycles. The summed E-state index contributed by atoms with van der Waals surface area (Å²) in [5.41, 5.74) is 5.73. The van der Waals surface area contributed by atoms with Crippen LogP contribution in [0.2, 0.25) is 0 Å². The number of nitrogens with two attached hydrogens (primary N) is 1. The Labute approximate surface area is 216 Å². The number of nitrogens with one attached hydrogen (secondary N) is 1. The van der Waals surface area contributed by atoms with E-state index in [2.05, 4.69) is 26.3 Å². The molecule has 11 nitrogen and oxygen atoms in total. The molecular formula is C24H28BrN5O6. The van der Waals surface area contributed by atoms with Gasteiger partial charge in [0.2, 0.25) is 11.6 Å². The molecule has 3 amide bonds. The number of fused-ring (bicyclic) bond motifs is 1. The molecule has 0 atom stereocenters. The quantitative estimate of drug-likeness (QED) is 0.478. The Morgan fingerprint density at radius 3 is 2.53 bits per heavy atom. The van der Waals surface area contributed by atoms with E-state index in [1.807, 2.05) is 20.8 Å².